The number of ether oxygens (including phenoxy) is 1. The van der Waals surface area contributed by atoms with Crippen molar-refractivity contribution in [3.63, 3.8) is 0 Å². The number of carbonyl (C=O) groups is 1. The van der Waals surface area contributed by atoms with Crippen molar-refractivity contribution < 1.29 is 9.53 Å². The van der Waals surface area contributed by atoms with Crippen LogP contribution in [0.3, 0.4) is 0 Å². The Balaban J connectivity index is 1.86. The number of fused-ring (bicyclic) bond motifs is 1. The lowest BCUT2D eigenvalue weighted by atomic mass is 9.81. The lowest BCUT2D eigenvalue weighted by Gasteiger charge is -2.31. The van der Waals surface area contributed by atoms with Gasteiger partial charge in [-0.3, -0.25) is 4.79 Å². The van der Waals surface area contributed by atoms with E-state index in [4.69, 9.17) is 4.74 Å². The molecule has 0 bridgehead atoms. The van der Waals surface area contributed by atoms with Gasteiger partial charge in [0.2, 0.25) is 0 Å². The number of Topliss-reactive ketones (excluding diaryl/α,β-unsaturated/α-hetero) is 1. The summed E-state index contributed by atoms with van der Waals surface area (Å²) in [5.74, 6) is 1.41. The number of rotatable bonds is 0. The minimum Gasteiger partial charge on any atom is -0.487 e. The Morgan fingerprint density at radius 1 is 1.13 bits per heavy atom. The van der Waals surface area contributed by atoms with E-state index in [2.05, 4.69) is 12.1 Å². The molecule has 0 aromatic heterocycles. The van der Waals surface area contributed by atoms with Gasteiger partial charge in [-0.05, 0) is 24.5 Å². The predicted molar refractivity (Wildman–Crippen MR) is 57.0 cm³/mol. The van der Waals surface area contributed by atoms with Gasteiger partial charge < -0.3 is 4.74 Å². The number of carbonyl (C=O) groups excluding carboxylic acids is 1. The Labute approximate surface area is 89.2 Å². The summed E-state index contributed by atoms with van der Waals surface area (Å²) in [6.45, 7) is 0. The number of ketones is 1. The SMILES string of the molecule is O=C1CCC2(CC1)Cc1ccccc1O2. The first-order chi connectivity index (χ1) is 7.27. The summed E-state index contributed by atoms with van der Waals surface area (Å²) in [6, 6.07) is 8.21. The third-order valence-electron chi connectivity index (χ3n) is 3.53. The van der Waals surface area contributed by atoms with Gasteiger partial charge in [0.15, 0.2) is 0 Å². The highest BCUT2D eigenvalue weighted by molar-refractivity contribution is 5.79. The monoisotopic (exact) mass is 202 g/mol. The predicted octanol–water partition coefficient (Wildman–Crippen LogP) is 2.50. The van der Waals surface area contributed by atoms with Gasteiger partial charge in [-0.25, -0.2) is 0 Å². The molecule has 1 aliphatic carbocycles. The molecule has 0 amide bonds. The number of hydrogen-bond acceptors (Lipinski definition) is 2. The van der Waals surface area contributed by atoms with Crippen molar-refractivity contribution in [3.8, 4) is 5.75 Å². The molecule has 0 atom stereocenters. The Morgan fingerprint density at radius 3 is 2.60 bits per heavy atom. The summed E-state index contributed by atoms with van der Waals surface area (Å²) < 4.78 is 6.03. The first-order valence-corrected chi connectivity index (χ1v) is 5.56. The minimum absolute atomic E-state index is 0.0579. The second-order valence-corrected chi connectivity index (χ2v) is 4.61. The molecule has 78 valence electrons. The van der Waals surface area contributed by atoms with E-state index in [9.17, 15) is 4.79 Å². The van der Waals surface area contributed by atoms with E-state index >= 15 is 0 Å². The zero-order valence-corrected chi connectivity index (χ0v) is 8.66. The van der Waals surface area contributed by atoms with Crippen LogP contribution in [0.5, 0.6) is 5.75 Å². The lowest BCUT2D eigenvalue weighted by Crippen LogP contribution is -2.38. The summed E-state index contributed by atoms with van der Waals surface area (Å²) in [4.78, 5) is 11.2. The molecule has 1 heterocycles. The third kappa shape index (κ3) is 1.44. The van der Waals surface area contributed by atoms with Crippen molar-refractivity contribution in [1.82, 2.24) is 0 Å². The number of para-hydroxylation sites is 1. The molecule has 0 unspecified atom stereocenters. The van der Waals surface area contributed by atoms with Crippen LogP contribution in [0.4, 0.5) is 0 Å². The molecule has 1 aromatic carbocycles. The standard InChI is InChI=1S/C13H14O2/c14-11-5-7-13(8-6-11)9-10-3-1-2-4-12(10)15-13/h1-4H,5-9H2. The molecule has 1 fully saturated rings. The quantitative estimate of drug-likeness (QED) is 0.646. The van der Waals surface area contributed by atoms with Crippen molar-refractivity contribution >= 4 is 5.78 Å². The highest BCUT2D eigenvalue weighted by Gasteiger charge is 2.41. The highest BCUT2D eigenvalue weighted by atomic mass is 16.5. The maximum atomic E-state index is 11.2. The largest absolute Gasteiger partial charge is 0.487 e. The molecule has 3 rings (SSSR count). The Hall–Kier alpha value is -1.31. The van der Waals surface area contributed by atoms with Crippen LogP contribution in [-0.4, -0.2) is 11.4 Å². The van der Waals surface area contributed by atoms with Crippen LogP contribution < -0.4 is 4.74 Å². The van der Waals surface area contributed by atoms with Crippen molar-refractivity contribution in [3.05, 3.63) is 29.8 Å². The third-order valence-corrected chi connectivity index (χ3v) is 3.53. The van der Waals surface area contributed by atoms with Crippen molar-refractivity contribution in [2.75, 3.05) is 0 Å². The maximum absolute atomic E-state index is 11.2. The van der Waals surface area contributed by atoms with E-state index < -0.39 is 0 Å². The molecular formula is C13H14O2. The molecule has 1 spiro atoms. The average Bonchev–Trinajstić information content (AvgIpc) is 2.61. The van der Waals surface area contributed by atoms with E-state index in [0.29, 0.717) is 18.6 Å². The Morgan fingerprint density at radius 2 is 1.87 bits per heavy atom. The van der Waals surface area contributed by atoms with E-state index in [1.54, 1.807) is 0 Å². The fourth-order valence-electron chi connectivity index (χ4n) is 2.63. The fourth-order valence-corrected chi connectivity index (χ4v) is 2.63. The van der Waals surface area contributed by atoms with Crippen LogP contribution >= 0.6 is 0 Å². The van der Waals surface area contributed by atoms with Crippen molar-refractivity contribution in [1.29, 1.82) is 0 Å². The van der Waals surface area contributed by atoms with E-state index in [-0.39, 0.29) is 5.60 Å². The molecule has 15 heavy (non-hydrogen) atoms. The number of benzene rings is 1. The summed E-state index contributed by atoms with van der Waals surface area (Å²) in [5, 5.41) is 0. The van der Waals surface area contributed by atoms with Crippen LogP contribution in [0.25, 0.3) is 0 Å². The van der Waals surface area contributed by atoms with E-state index in [1.807, 2.05) is 12.1 Å². The summed E-state index contributed by atoms with van der Waals surface area (Å²) in [7, 11) is 0. The van der Waals surface area contributed by atoms with Crippen LogP contribution in [-0.2, 0) is 11.2 Å². The topological polar surface area (TPSA) is 26.3 Å². The Kier molecular flexibility index (Phi) is 1.84. The average molecular weight is 202 g/mol. The molecule has 0 N–H and O–H groups in total. The van der Waals surface area contributed by atoms with Gasteiger partial charge in [-0.2, -0.15) is 0 Å². The molecule has 1 aromatic rings. The van der Waals surface area contributed by atoms with Crippen molar-refractivity contribution in [2.45, 2.75) is 37.7 Å². The van der Waals surface area contributed by atoms with Crippen LogP contribution in [0.2, 0.25) is 0 Å². The first kappa shape index (κ1) is 8.96. The van der Waals surface area contributed by atoms with Crippen LogP contribution in [0.15, 0.2) is 24.3 Å². The van der Waals surface area contributed by atoms with Gasteiger partial charge in [-0.15, -0.1) is 0 Å². The van der Waals surface area contributed by atoms with Gasteiger partial charge in [0.05, 0.1) is 0 Å². The van der Waals surface area contributed by atoms with Gasteiger partial charge in [0.1, 0.15) is 17.1 Å². The molecule has 2 heteroatoms. The van der Waals surface area contributed by atoms with Gasteiger partial charge in [0, 0.05) is 19.3 Å². The maximum Gasteiger partial charge on any atom is 0.133 e. The van der Waals surface area contributed by atoms with Crippen LogP contribution in [0.1, 0.15) is 31.2 Å². The van der Waals surface area contributed by atoms with Gasteiger partial charge >= 0.3 is 0 Å². The second kappa shape index (κ2) is 3.09. The zero-order valence-electron chi connectivity index (χ0n) is 8.66. The first-order valence-electron chi connectivity index (χ1n) is 5.56. The van der Waals surface area contributed by atoms with Gasteiger partial charge in [0.25, 0.3) is 0 Å². The smallest absolute Gasteiger partial charge is 0.133 e. The minimum atomic E-state index is -0.0579. The molecule has 2 nitrogen and oxygen atoms in total. The zero-order chi connectivity index (χ0) is 10.3. The normalized spacial score (nSPS) is 22.5. The lowest BCUT2D eigenvalue weighted by molar-refractivity contribution is -0.123. The summed E-state index contributed by atoms with van der Waals surface area (Å²) in [5.41, 5.74) is 1.24. The number of hydrogen-bond donors (Lipinski definition) is 0. The molecule has 0 radical (unpaired) electrons. The summed E-state index contributed by atoms with van der Waals surface area (Å²) in [6.07, 6.45) is 4.14. The second-order valence-electron chi connectivity index (χ2n) is 4.61. The van der Waals surface area contributed by atoms with Crippen LogP contribution in [0, 0.1) is 0 Å². The molecule has 1 aliphatic heterocycles. The molecule has 2 aliphatic rings. The molecule has 0 saturated heterocycles. The van der Waals surface area contributed by atoms with Gasteiger partial charge in [-0.1, -0.05) is 18.2 Å². The highest BCUT2D eigenvalue weighted by Crippen LogP contribution is 2.42. The fraction of sp³-hybridized carbons (Fsp3) is 0.462. The summed E-state index contributed by atoms with van der Waals surface area (Å²) >= 11 is 0. The van der Waals surface area contributed by atoms with Crippen molar-refractivity contribution in [2.24, 2.45) is 0 Å². The van der Waals surface area contributed by atoms with E-state index in [1.165, 1.54) is 5.56 Å². The van der Waals surface area contributed by atoms with E-state index in [0.717, 1.165) is 25.0 Å². The molecule has 1 saturated carbocycles. The Bertz CT molecular complexity index is 372. The molecular weight excluding hydrogens is 188 g/mol.